The van der Waals surface area contributed by atoms with E-state index in [0.717, 1.165) is 41.7 Å². The Balaban J connectivity index is 1.51. The fourth-order valence-corrected chi connectivity index (χ4v) is 6.27. The number of nitrogens with zero attached hydrogens (tertiary/aromatic N) is 5. The molecule has 0 saturated carbocycles. The van der Waals surface area contributed by atoms with Crippen LogP contribution in [0.2, 0.25) is 0 Å². The largest absolute Gasteiger partial charge is 0.493 e. The summed E-state index contributed by atoms with van der Waals surface area (Å²) in [5, 5.41) is 6.51. The molecule has 6 rings (SSSR count). The molecule has 0 amide bonds. The van der Waals surface area contributed by atoms with Crippen molar-refractivity contribution in [2.24, 2.45) is 0 Å². The van der Waals surface area contributed by atoms with E-state index in [1.807, 2.05) is 28.8 Å². The summed E-state index contributed by atoms with van der Waals surface area (Å²) in [5.74, 6) is 1.29. The topological polar surface area (TPSA) is 73.9 Å². The zero-order valence-corrected chi connectivity index (χ0v) is 20.4. The zero-order chi connectivity index (χ0) is 23.9. The van der Waals surface area contributed by atoms with Crippen LogP contribution in [0.15, 0.2) is 59.7 Å². The minimum absolute atomic E-state index is 0.201. The lowest BCUT2D eigenvalue weighted by atomic mass is 10.0. The SMILES string of the molecule is COc1ccc(Cn2c(=O)n3ncnc3c3c4c(sc32)N(Cc2ccccc2)CCC4)cc1OC. The van der Waals surface area contributed by atoms with E-state index in [0.29, 0.717) is 23.7 Å². The van der Waals surface area contributed by atoms with Crippen LogP contribution in [-0.4, -0.2) is 39.9 Å². The molecule has 8 nitrogen and oxygen atoms in total. The number of anilines is 1. The Morgan fingerprint density at radius 2 is 1.83 bits per heavy atom. The van der Waals surface area contributed by atoms with Crippen LogP contribution in [0.4, 0.5) is 5.00 Å². The lowest BCUT2D eigenvalue weighted by molar-refractivity contribution is 0.354. The summed E-state index contributed by atoms with van der Waals surface area (Å²) in [6.07, 6.45) is 3.48. The van der Waals surface area contributed by atoms with Crippen molar-refractivity contribution in [2.75, 3.05) is 25.7 Å². The molecule has 0 unspecified atom stereocenters. The van der Waals surface area contributed by atoms with Gasteiger partial charge in [-0.05, 0) is 41.7 Å². The summed E-state index contributed by atoms with van der Waals surface area (Å²) in [4.78, 5) is 21.4. The number of thiophene rings is 1. The first-order chi connectivity index (χ1) is 17.2. The van der Waals surface area contributed by atoms with E-state index >= 15 is 0 Å². The molecule has 0 radical (unpaired) electrons. The van der Waals surface area contributed by atoms with Gasteiger partial charge in [0.2, 0.25) is 0 Å². The monoisotopic (exact) mass is 487 g/mol. The maximum absolute atomic E-state index is 13.5. The van der Waals surface area contributed by atoms with Gasteiger partial charge in [0.05, 0.1) is 31.2 Å². The standard InChI is InChI=1S/C26H25N5O3S/c1-33-20-11-10-18(13-21(20)34-2)15-30-25-22(23-27-16-28-31(23)26(30)32)19-9-6-12-29(24(19)35-25)14-17-7-4-3-5-8-17/h3-5,7-8,10-11,13,16H,6,9,12,14-15H2,1-2H3. The molecule has 0 N–H and O–H groups in total. The summed E-state index contributed by atoms with van der Waals surface area (Å²) in [6, 6.07) is 16.2. The Hall–Kier alpha value is -3.85. The van der Waals surface area contributed by atoms with Gasteiger partial charge in [0, 0.05) is 13.1 Å². The van der Waals surface area contributed by atoms with E-state index < -0.39 is 0 Å². The molecule has 1 aliphatic heterocycles. The molecule has 0 aliphatic carbocycles. The maximum atomic E-state index is 13.5. The lowest BCUT2D eigenvalue weighted by Gasteiger charge is -2.28. The smallest absolute Gasteiger partial charge is 0.352 e. The van der Waals surface area contributed by atoms with Crippen LogP contribution >= 0.6 is 11.3 Å². The number of hydrogen-bond acceptors (Lipinski definition) is 7. The Morgan fingerprint density at radius 1 is 1.00 bits per heavy atom. The van der Waals surface area contributed by atoms with Gasteiger partial charge in [0.1, 0.15) is 11.2 Å². The number of aryl methyl sites for hydroxylation is 1. The second kappa shape index (κ2) is 8.74. The summed E-state index contributed by atoms with van der Waals surface area (Å²) in [5.41, 5.74) is 3.90. The van der Waals surface area contributed by atoms with Gasteiger partial charge in [-0.3, -0.25) is 4.57 Å². The molecule has 178 valence electrons. The molecule has 0 atom stereocenters. The third-order valence-corrected chi connectivity index (χ3v) is 7.86. The highest BCUT2D eigenvalue weighted by atomic mass is 32.1. The van der Waals surface area contributed by atoms with Crippen LogP contribution in [0.5, 0.6) is 11.5 Å². The van der Waals surface area contributed by atoms with Gasteiger partial charge in [-0.2, -0.15) is 9.61 Å². The number of ether oxygens (including phenoxy) is 2. The fourth-order valence-electron chi connectivity index (χ4n) is 4.91. The quantitative estimate of drug-likeness (QED) is 0.359. The van der Waals surface area contributed by atoms with Gasteiger partial charge >= 0.3 is 5.69 Å². The first kappa shape index (κ1) is 21.7. The van der Waals surface area contributed by atoms with Gasteiger partial charge in [0.15, 0.2) is 17.1 Å². The van der Waals surface area contributed by atoms with Crippen LogP contribution < -0.4 is 20.1 Å². The molecule has 9 heteroatoms. The van der Waals surface area contributed by atoms with Gasteiger partial charge < -0.3 is 14.4 Å². The van der Waals surface area contributed by atoms with E-state index in [9.17, 15) is 4.79 Å². The minimum Gasteiger partial charge on any atom is -0.493 e. The molecule has 0 saturated heterocycles. The number of rotatable bonds is 6. The third kappa shape index (κ3) is 3.63. The van der Waals surface area contributed by atoms with Gasteiger partial charge in [0.25, 0.3) is 0 Å². The molecule has 1 aliphatic rings. The summed E-state index contributed by atoms with van der Waals surface area (Å²) < 4.78 is 14.1. The third-order valence-electron chi connectivity index (χ3n) is 6.54. The van der Waals surface area contributed by atoms with Crippen molar-refractivity contribution in [3.05, 3.63) is 82.0 Å². The normalized spacial score (nSPS) is 13.4. The highest BCUT2D eigenvalue weighted by Gasteiger charge is 2.27. The fraction of sp³-hybridized carbons (Fsp3) is 0.269. The second-order valence-corrected chi connectivity index (χ2v) is 9.61. The summed E-state index contributed by atoms with van der Waals surface area (Å²) in [7, 11) is 3.23. The zero-order valence-electron chi connectivity index (χ0n) is 19.6. The molecular formula is C26H25N5O3S. The van der Waals surface area contributed by atoms with Crippen LogP contribution in [0.25, 0.3) is 15.9 Å². The average molecular weight is 488 g/mol. The molecule has 0 fully saturated rings. The van der Waals surface area contributed by atoms with Crippen molar-refractivity contribution in [2.45, 2.75) is 25.9 Å². The highest BCUT2D eigenvalue weighted by molar-refractivity contribution is 7.22. The first-order valence-electron chi connectivity index (χ1n) is 11.6. The molecule has 0 bridgehead atoms. The molecule has 35 heavy (non-hydrogen) atoms. The van der Waals surface area contributed by atoms with Gasteiger partial charge in [-0.15, -0.1) is 0 Å². The Bertz CT molecular complexity index is 1590. The second-order valence-electron chi connectivity index (χ2n) is 8.63. The molecule has 2 aromatic carbocycles. The lowest BCUT2D eigenvalue weighted by Crippen LogP contribution is -2.28. The van der Waals surface area contributed by atoms with Crippen LogP contribution in [0, 0.1) is 0 Å². The number of aromatic nitrogens is 4. The predicted molar refractivity (Wildman–Crippen MR) is 137 cm³/mol. The van der Waals surface area contributed by atoms with E-state index in [-0.39, 0.29) is 5.69 Å². The Morgan fingerprint density at radius 3 is 2.63 bits per heavy atom. The Kier molecular flexibility index (Phi) is 5.41. The Labute approximate surface area is 206 Å². The number of benzene rings is 2. The molecule has 5 aromatic rings. The first-order valence-corrected chi connectivity index (χ1v) is 12.4. The molecule has 4 heterocycles. The van der Waals surface area contributed by atoms with Crippen LogP contribution in [0.3, 0.4) is 0 Å². The highest BCUT2D eigenvalue weighted by Crippen LogP contribution is 2.43. The number of hydrogen-bond donors (Lipinski definition) is 0. The predicted octanol–water partition coefficient (Wildman–Crippen LogP) is 4.12. The van der Waals surface area contributed by atoms with Crippen molar-refractivity contribution in [3.63, 3.8) is 0 Å². The molecular weight excluding hydrogens is 462 g/mol. The van der Waals surface area contributed by atoms with Crippen LogP contribution in [0.1, 0.15) is 23.1 Å². The van der Waals surface area contributed by atoms with E-state index in [2.05, 4.69) is 39.2 Å². The van der Waals surface area contributed by atoms with Crippen molar-refractivity contribution in [1.29, 1.82) is 0 Å². The van der Waals surface area contributed by atoms with Gasteiger partial charge in [-0.25, -0.2) is 9.78 Å². The average Bonchev–Trinajstić information content (AvgIpc) is 3.53. The minimum atomic E-state index is -0.201. The molecule has 3 aromatic heterocycles. The van der Waals surface area contributed by atoms with E-state index in [4.69, 9.17) is 9.47 Å². The summed E-state index contributed by atoms with van der Waals surface area (Å²) >= 11 is 1.67. The van der Waals surface area contributed by atoms with E-state index in [1.54, 1.807) is 25.6 Å². The number of methoxy groups -OCH3 is 2. The molecule has 0 spiro atoms. The van der Waals surface area contributed by atoms with Crippen molar-refractivity contribution < 1.29 is 9.47 Å². The van der Waals surface area contributed by atoms with Gasteiger partial charge in [-0.1, -0.05) is 47.7 Å². The number of fused-ring (bicyclic) bond motifs is 5. The van der Waals surface area contributed by atoms with Crippen molar-refractivity contribution >= 4 is 32.2 Å². The van der Waals surface area contributed by atoms with Crippen molar-refractivity contribution in [1.82, 2.24) is 19.2 Å². The summed E-state index contributed by atoms with van der Waals surface area (Å²) in [6.45, 7) is 2.21. The van der Waals surface area contributed by atoms with Crippen molar-refractivity contribution in [3.8, 4) is 11.5 Å². The van der Waals surface area contributed by atoms with E-state index in [1.165, 1.54) is 27.0 Å². The maximum Gasteiger partial charge on any atom is 0.352 e. The van der Waals surface area contributed by atoms with Crippen LogP contribution in [-0.2, 0) is 19.5 Å².